The van der Waals surface area contributed by atoms with Gasteiger partial charge in [0.15, 0.2) is 0 Å². The van der Waals surface area contributed by atoms with E-state index in [0.717, 1.165) is 22.4 Å². The molecule has 0 spiro atoms. The molecule has 20 heavy (non-hydrogen) atoms. The van der Waals surface area contributed by atoms with Crippen molar-refractivity contribution in [1.29, 1.82) is 0 Å². The van der Waals surface area contributed by atoms with Gasteiger partial charge in [0, 0.05) is 6.42 Å². The summed E-state index contributed by atoms with van der Waals surface area (Å²) in [5, 5.41) is 18.6. The van der Waals surface area contributed by atoms with E-state index in [1.165, 1.54) is 0 Å². The Morgan fingerprint density at radius 1 is 1.10 bits per heavy atom. The Hall–Kier alpha value is -1.84. The second-order valence-electron chi connectivity index (χ2n) is 4.93. The molecule has 0 amide bonds. The van der Waals surface area contributed by atoms with Crippen LogP contribution in [-0.4, -0.2) is 22.9 Å². The number of aliphatic hydroxyl groups excluding tert-OH is 2. The van der Waals surface area contributed by atoms with Gasteiger partial charge in [-0.3, -0.25) is 0 Å². The van der Waals surface area contributed by atoms with Crippen molar-refractivity contribution in [3.05, 3.63) is 65.2 Å². The molecule has 0 unspecified atom stereocenters. The molecule has 2 N–H and O–H groups in total. The average Bonchev–Trinajstić information content (AvgIpc) is 2.47. The second-order valence-corrected chi connectivity index (χ2v) is 4.93. The summed E-state index contributed by atoms with van der Waals surface area (Å²) in [6.45, 7) is 2.24. The van der Waals surface area contributed by atoms with Crippen molar-refractivity contribution in [2.45, 2.75) is 26.1 Å². The van der Waals surface area contributed by atoms with E-state index in [4.69, 9.17) is 9.84 Å². The quantitative estimate of drug-likeness (QED) is 0.849. The molecule has 106 valence electrons. The molecule has 0 heterocycles. The number of rotatable bonds is 6. The predicted molar refractivity (Wildman–Crippen MR) is 78.7 cm³/mol. The largest absolute Gasteiger partial charge is 0.489 e. The van der Waals surface area contributed by atoms with Gasteiger partial charge in [-0.25, -0.2) is 0 Å². The van der Waals surface area contributed by atoms with Crippen molar-refractivity contribution in [2.75, 3.05) is 6.61 Å². The molecule has 2 aromatic rings. The molecule has 0 saturated carbocycles. The molecule has 0 bridgehead atoms. The summed E-state index contributed by atoms with van der Waals surface area (Å²) in [6.07, 6.45) is -0.363. The number of hydrogen-bond acceptors (Lipinski definition) is 3. The molecule has 3 nitrogen and oxygen atoms in total. The van der Waals surface area contributed by atoms with Crippen molar-refractivity contribution >= 4 is 0 Å². The van der Waals surface area contributed by atoms with Crippen molar-refractivity contribution in [3.8, 4) is 5.75 Å². The van der Waals surface area contributed by atoms with Crippen LogP contribution in [0, 0.1) is 6.92 Å². The zero-order chi connectivity index (χ0) is 14.4. The second kappa shape index (κ2) is 7.08. The van der Waals surface area contributed by atoms with Gasteiger partial charge in [0.25, 0.3) is 0 Å². The molecular formula is C17H20O3. The summed E-state index contributed by atoms with van der Waals surface area (Å²) in [6, 6.07) is 15.8. The topological polar surface area (TPSA) is 49.7 Å². The first kappa shape index (κ1) is 14.6. The van der Waals surface area contributed by atoms with Gasteiger partial charge in [-0.05, 0) is 24.1 Å². The number of ether oxygens (including phenoxy) is 1. The maximum Gasteiger partial charge on any atom is 0.123 e. The molecule has 0 aliphatic carbocycles. The molecule has 0 radical (unpaired) electrons. The summed E-state index contributed by atoms with van der Waals surface area (Å²) in [7, 11) is 0. The Kier molecular flexibility index (Phi) is 5.16. The van der Waals surface area contributed by atoms with Crippen LogP contribution in [0.15, 0.2) is 48.5 Å². The van der Waals surface area contributed by atoms with Crippen LogP contribution in [0.25, 0.3) is 0 Å². The first-order valence-corrected chi connectivity index (χ1v) is 6.74. The SMILES string of the molecule is Cc1ccc(OCc2ccccc2)c(C[C@H](O)CO)c1. The van der Waals surface area contributed by atoms with Crippen LogP contribution in [0.5, 0.6) is 5.75 Å². The van der Waals surface area contributed by atoms with Crippen LogP contribution in [0.1, 0.15) is 16.7 Å². The van der Waals surface area contributed by atoms with Gasteiger partial charge < -0.3 is 14.9 Å². The zero-order valence-electron chi connectivity index (χ0n) is 11.6. The Labute approximate surface area is 119 Å². The van der Waals surface area contributed by atoms with Crippen molar-refractivity contribution < 1.29 is 14.9 Å². The molecule has 1 atom stereocenters. The summed E-state index contributed by atoms with van der Waals surface area (Å²) in [4.78, 5) is 0. The predicted octanol–water partition coefficient (Wildman–Crippen LogP) is 2.47. The lowest BCUT2D eigenvalue weighted by Gasteiger charge is -2.14. The summed E-state index contributed by atoms with van der Waals surface area (Å²) in [5.41, 5.74) is 3.13. The highest BCUT2D eigenvalue weighted by Gasteiger charge is 2.10. The molecule has 0 aliphatic rings. The monoisotopic (exact) mass is 272 g/mol. The number of aliphatic hydroxyl groups is 2. The average molecular weight is 272 g/mol. The minimum Gasteiger partial charge on any atom is -0.489 e. The molecule has 0 saturated heterocycles. The highest BCUT2D eigenvalue weighted by molar-refractivity contribution is 5.37. The lowest BCUT2D eigenvalue weighted by atomic mass is 10.0. The van der Waals surface area contributed by atoms with Gasteiger partial charge in [0.2, 0.25) is 0 Å². The number of benzene rings is 2. The molecule has 0 aliphatic heterocycles. The van der Waals surface area contributed by atoms with E-state index < -0.39 is 6.10 Å². The third kappa shape index (κ3) is 4.08. The van der Waals surface area contributed by atoms with E-state index in [0.29, 0.717) is 13.0 Å². The Balaban J connectivity index is 2.10. The minimum absolute atomic E-state index is 0.244. The fraction of sp³-hybridized carbons (Fsp3) is 0.294. The molecule has 3 heteroatoms. The van der Waals surface area contributed by atoms with E-state index in [9.17, 15) is 5.11 Å². The maximum atomic E-state index is 9.61. The van der Waals surface area contributed by atoms with E-state index in [1.54, 1.807) is 0 Å². The lowest BCUT2D eigenvalue weighted by molar-refractivity contribution is 0.0947. The van der Waals surface area contributed by atoms with Gasteiger partial charge in [-0.15, -0.1) is 0 Å². The van der Waals surface area contributed by atoms with E-state index >= 15 is 0 Å². The van der Waals surface area contributed by atoms with Gasteiger partial charge in [0.05, 0.1) is 12.7 Å². The van der Waals surface area contributed by atoms with Crippen LogP contribution in [0.4, 0.5) is 0 Å². The maximum absolute atomic E-state index is 9.61. The zero-order valence-corrected chi connectivity index (χ0v) is 11.6. The smallest absolute Gasteiger partial charge is 0.123 e. The van der Waals surface area contributed by atoms with Crippen molar-refractivity contribution in [2.24, 2.45) is 0 Å². The van der Waals surface area contributed by atoms with Crippen LogP contribution in [0.2, 0.25) is 0 Å². The molecule has 2 rings (SSSR count). The molecular weight excluding hydrogens is 252 g/mol. The highest BCUT2D eigenvalue weighted by atomic mass is 16.5. The van der Waals surface area contributed by atoms with Crippen LogP contribution in [-0.2, 0) is 13.0 Å². The summed E-state index contributed by atoms with van der Waals surface area (Å²) in [5.74, 6) is 0.756. The van der Waals surface area contributed by atoms with Crippen LogP contribution >= 0.6 is 0 Å². The van der Waals surface area contributed by atoms with Gasteiger partial charge >= 0.3 is 0 Å². The fourth-order valence-electron chi connectivity index (χ4n) is 2.06. The highest BCUT2D eigenvalue weighted by Crippen LogP contribution is 2.22. The van der Waals surface area contributed by atoms with Crippen LogP contribution in [0.3, 0.4) is 0 Å². The molecule has 0 aromatic heterocycles. The molecule has 0 fully saturated rings. The Morgan fingerprint density at radius 2 is 1.85 bits per heavy atom. The van der Waals surface area contributed by atoms with Crippen molar-refractivity contribution in [1.82, 2.24) is 0 Å². The van der Waals surface area contributed by atoms with Crippen molar-refractivity contribution in [3.63, 3.8) is 0 Å². The standard InChI is InChI=1S/C17H20O3/c1-13-7-8-17(15(9-13)10-16(19)11-18)20-12-14-5-3-2-4-6-14/h2-9,16,18-19H,10-12H2,1H3/t16-/m0/s1. The summed E-state index contributed by atoms with van der Waals surface area (Å²) < 4.78 is 5.83. The Morgan fingerprint density at radius 3 is 2.55 bits per heavy atom. The van der Waals surface area contributed by atoms with Gasteiger partial charge in [0.1, 0.15) is 12.4 Å². The van der Waals surface area contributed by atoms with Crippen LogP contribution < -0.4 is 4.74 Å². The number of aryl methyl sites for hydroxylation is 1. The lowest BCUT2D eigenvalue weighted by Crippen LogP contribution is -2.16. The third-order valence-electron chi connectivity index (χ3n) is 3.12. The van der Waals surface area contributed by atoms with E-state index in [2.05, 4.69) is 0 Å². The number of hydrogen-bond donors (Lipinski definition) is 2. The minimum atomic E-state index is -0.754. The fourth-order valence-corrected chi connectivity index (χ4v) is 2.06. The van der Waals surface area contributed by atoms with E-state index in [1.807, 2.05) is 55.5 Å². The first-order chi connectivity index (χ1) is 9.69. The third-order valence-corrected chi connectivity index (χ3v) is 3.12. The Bertz CT molecular complexity index is 537. The first-order valence-electron chi connectivity index (χ1n) is 6.74. The summed E-state index contributed by atoms with van der Waals surface area (Å²) >= 11 is 0. The van der Waals surface area contributed by atoms with Gasteiger partial charge in [-0.2, -0.15) is 0 Å². The van der Waals surface area contributed by atoms with E-state index in [-0.39, 0.29) is 6.61 Å². The van der Waals surface area contributed by atoms with Gasteiger partial charge in [-0.1, -0.05) is 48.0 Å². The normalized spacial score (nSPS) is 12.2. The molecule has 2 aromatic carbocycles.